The van der Waals surface area contributed by atoms with E-state index in [1.807, 2.05) is 6.92 Å². The molecule has 0 spiro atoms. The summed E-state index contributed by atoms with van der Waals surface area (Å²) in [6, 6.07) is 4.91. The molecule has 1 rings (SSSR count). The lowest BCUT2D eigenvalue weighted by Gasteiger charge is -2.13. The molecular weight excluding hydrogens is 308 g/mol. The highest BCUT2D eigenvalue weighted by Gasteiger charge is 2.11. The zero-order valence-electron chi connectivity index (χ0n) is 12.1. The maximum absolute atomic E-state index is 12.1. The molecule has 3 N–H and O–H groups in total. The van der Waals surface area contributed by atoms with Crippen LogP contribution < -0.4 is 11.1 Å². The van der Waals surface area contributed by atoms with Crippen molar-refractivity contribution >= 4 is 28.3 Å². The van der Waals surface area contributed by atoms with Gasteiger partial charge in [-0.25, -0.2) is 0 Å². The Morgan fingerprint density at radius 2 is 2.24 bits per heavy atom. The molecule has 1 aromatic rings. The van der Waals surface area contributed by atoms with Crippen LogP contribution in [0.1, 0.15) is 29.3 Å². The van der Waals surface area contributed by atoms with Crippen LogP contribution in [0.25, 0.3) is 0 Å². The Kier molecular flexibility index (Phi) is 7.44. The SMILES string of the molecule is CC(CCS(C)=O)NC(=O)c1ccc(C#CCN)c(Cl)c1. The number of hydrogen-bond acceptors (Lipinski definition) is 3. The van der Waals surface area contributed by atoms with Crippen molar-refractivity contribution < 1.29 is 9.00 Å². The summed E-state index contributed by atoms with van der Waals surface area (Å²) in [5.74, 6) is 5.92. The lowest BCUT2D eigenvalue weighted by Crippen LogP contribution is -2.33. The molecule has 0 heterocycles. The summed E-state index contributed by atoms with van der Waals surface area (Å²) in [4.78, 5) is 12.1. The van der Waals surface area contributed by atoms with E-state index in [0.717, 1.165) is 0 Å². The van der Waals surface area contributed by atoms with Gasteiger partial charge in [-0.2, -0.15) is 0 Å². The van der Waals surface area contributed by atoms with Gasteiger partial charge in [0.2, 0.25) is 0 Å². The maximum atomic E-state index is 12.1. The summed E-state index contributed by atoms with van der Waals surface area (Å²) in [7, 11) is -0.853. The lowest BCUT2D eigenvalue weighted by molar-refractivity contribution is 0.0939. The summed E-state index contributed by atoms with van der Waals surface area (Å²) < 4.78 is 11.0. The molecule has 4 nitrogen and oxygen atoms in total. The zero-order valence-corrected chi connectivity index (χ0v) is 13.7. The molecule has 21 heavy (non-hydrogen) atoms. The molecule has 0 saturated carbocycles. The van der Waals surface area contributed by atoms with Crippen LogP contribution in [0.5, 0.6) is 0 Å². The molecular formula is C15H19ClN2O2S. The van der Waals surface area contributed by atoms with E-state index in [2.05, 4.69) is 17.2 Å². The van der Waals surface area contributed by atoms with E-state index in [4.69, 9.17) is 17.3 Å². The molecule has 0 aliphatic rings. The summed E-state index contributed by atoms with van der Waals surface area (Å²) in [5.41, 5.74) is 6.43. The predicted molar refractivity (Wildman–Crippen MR) is 87.9 cm³/mol. The maximum Gasteiger partial charge on any atom is 0.251 e. The zero-order chi connectivity index (χ0) is 15.8. The molecule has 0 aromatic heterocycles. The van der Waals surface area contributed by atoms with Gasteiger partial charge in [0.1, 0.15) is 0 Å². The van der Waals surface area contributed by atoms with Crippen LogP contribution in [-0.2, 0) is 10.8 Å². The van der Waals surface area contributed by atoms with Crippen LogP contribution >= 0.6 is 11.6 Å². The molecule has 0 radical (unpaired) electrons. The van der Waals surface area contributed by atoms with Crippen molar-refractivity contribution in [2.45, 2.75) is 19.4 Å². The Labute approximate surface area is 132 Å². The van der Waals surface area contributed by atoms with Gasteiger partial charge in [-0.1, -0.05) is 23.4 Å². The Bertz CT molecular complexity index is 593. The Hall–Kier alpha value is -1.35. The van der Waals surface area contributed by atoms with E-state index >= 15 is 0 Å². The second-order valence-electron chi connectivity index (χ2n) is 4.64. The van der Waals surface area contributed by atoms with Crippen molar-refractivity contribution in [1.29, 1.82) is 0 Å². The summed E-state index contributed by atoms with van der Waals surface area (Å²) in [6.45, 7) is 2.14. The van der Waals surface area contributed by atoms with E-state index in [-0.39, 0.29) is 18.5 Å². The monoisotopic (exact) mass is 326 g/mol. The van der Waals surface area contributed by atoms with Gasteiger partial charge in [-0.15, -0.1) is 0 Å². The van der Waals surface area contributed by atoms with Crippen LogP contribution in [0.3, 0.4) is 0 Å². The third-order valence-corrected chi connectivity index (χ3v) is 3.90. The number of nitrogens with two attached hydrogens (primary N) is 1. The van der Waals surface area contributed by atoms with Crippen molar-refractivity contribution in [2.24, 2.45) is 5.73 Å². The molecule has 0 bridgehead atoms. The first-order valence-electron chi connectivity index (χ1n) is 6.53. The van der Waals surface area contributed by atoms with E-state index < -0.39 is 10.8 Å². The van der Waals surface area contributed by atoms with Gasteiger partial charge in [-0.05, 0) is 31.5 Å². The summed E-state index contributed by atoms with van der Waals surface area (Å²) in [6.07, 6.45) is 2.32. The summed E-state index contributed by atoms with van der Waals surface area (Å²) >= 11 is 6.08. The first-order chi connectivity index (χ1) is 9.93. The Balaban J connectivity index is 2.70. The van der Waals surface area contributed by atoms with E-state index in [0.29, 0.717) is 28.3 Å². The molecule has 6 heteroatoms. The van der Waals surface area contributed by atoms with Gasteiger partial charge in [0, 0.05) is 40.0 Å². The minimum Gasteiger partial charge on any atom is -0.350 e. The summed E-state index contributed by atoms with van der Waals surface area (Å²) in [5, 5.41) is 3.28. The van der Waals surface area contributed by atoms with Crippen molar-refractivity contribution in [3.05, 3.63) is 34.3 Å². The second-order valence-corrected chi connectivity index (χ2v) is 6.60. The Morgan fingerprint density at radius 1 is 1.52 bits per heavy atom. The number of carbonyl (C=O) groups is 1. The number of amides is 1. The normalized spacial score (nSPS) is 13.0. The van der Waals surface area contributed by atoms with Gasteiger partial charge in [0.25, 0.3) is 5.91 Å². The van der Waals surface area contributed by atoms with Crippen LogP contribution in [0, 0.1) is 11.8 Å². The van der Waals surface area contributed by atoms with Gasteiger partial charge in [0.05, 0.1) is 11.6 Å². The van der Waals surface area contributed by atoms with Crippen LogP contribution in [0.2, 0.25) is 5.02 Å². The molecule has 1 aromatic carbocycles. The largest absolute Gasteiger partial charge is 0.350 e. The first kappa shape index (κ1) is 17.7. The average Bonchev–Trinajstić information content (AvgIpc) is 2.43. The lowest BCUT2D eigenvalue weighted by atomic mass is 10.1. The van der Waals surface area contributed by atoms with Gasteiger partial charge >= 0.3 is 0 Å². The quantitative estimate of drug-likeness (QED) is 0.806. The number of benzene rings is 1. The Morgan fingerprint density at radius 3 is 2.81 bits per heavy atom. The minimum absolute atomic E-state index is 0.0446. The van der Waals surface area contributed by atoms with Gasteiger partial charge in [-0.3, -0.25) is 9.00 Å². The molecule has 0 saturated heterocycles. The van der Waals surface area contributed by atoms with Crippen LogP contribution in [0.4, 0.5) is 0 Å². The third kappa shape index (κ3) is 6.30. The molecule has 2 atom stereocenters. The fourth-order valence-corrected chi connectivity index (χ4v) is 2.54. The molecule has 2 unspecified atom stereocenters. The topological polar surface area (TPSA) is 72.2 Å². The first-order valence-corrected chi connectivity index (χ1v) is 8.64. The minimum atomic E-state index is -0.853. The standard InChI is InChI=1S/C15H19ClN2O2S/c1-11(7-9-21(2)20)18-15(19)13-6-5-12(4-3-8-17)14(16)10-13/h5-6,10-11H,7-9,17H2,1-2H3,(H,18,19). The number of hydrogen-bond donors (Lipinski definition) is 2. The number of rotatable bonds is 5. The number of nitrogens with one attached hydrogen (secondary N) is 1. The van der Waals surface area contributed by atoms with E-state index in [1.165, 1.54) is 0 Å². The molecule has 1 amide bonds. The second kappa shape index (κ2) is 8.83. The molecule has 114 valence electrons. The smallest absolute Gasteiger partial charge is 0.251 e. The predicted octanol–water partition coefficient (Wildman–Crippen LogP) is 1.54. The van der Waals surface area contributed by atoms with Crippen molar-refractivity contribution in [1.82, 2.24) is 5.32 Å². The average molecular weight is 327 g/mol. The highest BCUT2D eigenvalue weighted by molar-refractivity contribution is 7.84. The number of halogens is 1. The van der Waals surface area contributed by atoms with Gasteiger partial charge in [0.15, 0.2) is 0 Å². The van der Waals surface area contributed by atoms with Gasteiger partial charge < -0.3 is 11.1 Å². The highest BCUT2D eigenvalue weighted by Crippen LogP contribution is 2.17. The van der Waals surface area contributed by atoms with Crippen LogP contribution in [-0.4, -0.2) is 34.7 Å². The molecule has 0 aliphatic carbocycles. The van der Waals surface area contributed by atoms with Crippen molar-refractivity contribution in [2.75, 3.05) is 18.6 Å². The van der Waals surface area contributed by atoms with Crippen molar-refractivity contribution in [3.8, 4) is 11.8 Å². The highest BCUT2D eigenvalue weighted by atomic mass is 35.5. The molecule has 0 fully saturated rings. The number of carbonyl (C=O) groups excluding carboxylic acids is 1. The van der Waals surface area contributed by atoms with E-state index in [1.54, 1.807) is 24.5 Å². The van der Waals surface area contributed by atoms with Crippen LogP contribution in [0.15, 0.2) is 18.2 Å². The fraction of sp³-hybridized carbons (Fsp3) is 0.400. The van der Waals surface area contributed by atoms with Crippen molar-refractivity contribution in [3.63, 3.8) is 0 Å². The molecule has 0 aliphatic heterocycles. The van der Waals surface area contributed by atoms with E-state index in [9.17, 15) is 9.00 Å². The third-order valence-electron chi connectivity index (χ3n) is 2.77. The fourth-order valence-electron chi connectivity index (χ4n) is 1.63.